The average Bonchev–Trinajstić information content (AvgIpc) is 2.50. The topological polar surface area (TPSA) is 114 Å². The molecule has 0 spiro atoms. The first-order valence-corrected chi connectivity index (χ1v) is 9.12. The molecule has 1 aliphatic heterocycles. The quantitative estimate of drug-likeness (QED) is 0.455. The number of carbonyl (C=O) groups is 4. The minimum absolute atomic E-state index is 0.210. The minimum atomic E-state index is -1.10. The van der Waals surface area contributed by atoms with Crippen LogP contribution in [0.5, 0.6) is 0 Å². The van der Waals surface area contributed by atoms with Gasteiger partial charge in [-0.2, -0.15) is 0 Å². The normalized spacial score (nSPS) is 28.0. The SMILES string of the molecule is CCS[C@H]1O[C@H](COC(C)=O)[C@H](OC(C)=O)[C@H](OC(C)=O)[C@H]1OC(C)=O. The van der Waals surface area contributed by atoms with Crippen LogP contribution in [0.25, 0.3) is 0 Å². The van der Waals surface area contributed by atoms with Gasteiger partial charge < -0.3 is 23.7 Å². The molecule has 1 fully saturated rings. The van der Waals surface area contributed by atoms with Gasteiger partial charge in [-0.15, -0.1) is 11.8 Å². The van der Waals surface area contributed by atoms with E-state index in [1.807, 2.05) is 6.92 Å². The number of rotatable bonds is 7. The van der Waals surface area contributed by atoms with Crippen molar-refractivity contribution in [1.29, 1.82) is 0 Å². The van der Waals surface area contributed by atoms with Gasteiger partial charge in [-0.3, -0.25) is 19.2 Å². The highest BCUT2D eigenvalue weighted by molar-refractivity contribution is 7.99. The van der Waals surface area contributed by atoms with Crippen molar-refractivity contribution in [3.63, 3.8) is 0 Å². The summed E-state index contributed by atoms with van der Waals surface area (Å²) in [6.07, 6.45) is -4.07. The molecule has 0 aliphatic carbocycles. The Morgan fingerprint density at radius 2 is 1.31 bits per heavy atom. The zero-order valence-corrected chi connectivity index (χ0v) is 16.2. The molecule has 1 aliphatic rings. The minimum Gasteiger partial charge on any atom is -0.463 e. The van der Waals surface area contributed by atoms with Crippen LogP contribution in [0.2, 0.25) is 0 Å². The van der Waals surface area contributed by atoms with E-state index < -0.39 is 53.7 Å². The van der Waals surface area contributed by atoms with E-state index in [4.69, 9.17) is 23.7 Å². The van der Waals surface area contributed by atoms with E-state index in [0.29, 0.717) is 5.75 Å². The first-order valence-electron chi connectivity index (χ1n) is 8.07. The molecule has 0 bridgehead atoms. The van der Waals surface area contributed by atoms with Gasteiger partial charge >= 0.3 is 23.9 Å². The zero-order chi connectivity index (χ0) is 19.9. The van der Waals surface area contributed by atoms with Crippen molar-refractivity contribution >= 4 is 35.6 Å². The van der Waals surface area contributed by atoms with Crippen LogP contribution in [0.4, 0.5) is 0 Å². The number of carbonyl (C=O) groups excluding carboxylic acids is 4. The van der Waals surface area contributed by atoms with Gasteiger partial charge in [0.1, 0.15) is 18.1 Å². The molecule has 148 valence electrons. The van der Waals surface area contributed by atoms with Crippen LogP contribution >= 0.6 is 11.8 Å². The summed E-state index contributed by atoms with van der Waals surface area (Å²) in [7, 11) is 0. The Balaban J connectivity index is 3.22. The predicted octanol–water partition coefficient (Wildman–Crippen LogP) is 0.823. The monoisotopic (exact) mass is 392 g/mol. The second-order valence-corrected chi connectivity index (χ2v) is 6.90. The second-order valence-electron chi connectivity index (χ2n) is 5.52. The Labute approximate surface area is 156 Å². The van der Waals surface area contributed by atoms with Gasteiger partial charge in [0.05, 0.1) is 0 Å². The molecule has 10 heteroatoms. The Hall–Kier alpha value is -1.81. The fourth-order valence-electron chi connectivity index (χ4n) is 2.49. The molecule has 5 atom stereocenters. The highest BCUT2D eigenvalue weighted by Gasteiger charge is 2.52. The molecule has 9 nitrogen and oxygen atoms in total. The number of ether oxygens (including phenoxy) is 5. The summed E-state index contributed by atoms with van der Waals surface area (Å²) in [5.41, 5.74) is -0.694. The third-order valence-corrected chi connectivity index (χ3v) is 4.32. The van der Waals surface area contributed by atoms with E-state index in [-0.39, 0.29) is 6.61 Å². The summed E-state index contributed by atoms with van der Waals surface area (Å²) in [5.74, 6) is -1.81. The van der Waals surface area contributed by atoms with Crippen LogP contribution in [-0.2, 0) is 42.9 Å². The van der Waals surface area contributed by atoms with Gasteiger partial charge in [0, 0.05) is 27.7 Å². The Morgan fingerprint density at radius 3 is 1.77 bits per heavy atom. The number of hydrogen-bond acceptors (Lipinski definition) is 10. The maximum Gasteiger partial charge on any atom is 0.303 e. The fraction of sp³-hybridized carbons (Fsp3) is 0.750. The maximum atomic E-state index is 11.6. The third-order valence-electron chi connectivity index (χ3n) is 3.28. The first kappa shape index (κ1) is 22.2. The molecule has 1 saturated heterocycles. The molecule has 0 aromatic carbocycles. The standard InChI is InChI=1S/C16H24O9S/c1-6-26-16-15(24-11(5)20)14(23-10(4)19)13(22-9(3)18)12(25-16)7-21-8(2)17/h12-16H,6-7H2,1-5H3/t12-,13+,14+,15-,16-/m1/s1. The van der Waals surface area contributed by atoms with Crippen molar-refractivity contribution in [1.82, 2.24) is 0 Å². The molecule has 1 heterocycles. The second kappa shape index (κ2) is 10.4. The van der Waals surface area contributed by atoms with Gasteiger partial charge in [0.25, 0.3) is 0 Å². The highest BCUT2D eigenvalue weighted by Crippen LogP contribution is 2.34. The first-order chi connectivity index (χ1) is 12.1. The Kier molecular flexibility index (Phi) is 8.86. The highest BCUT2D eigenvalue weighted by atomic mass is 32.2. The van der Waals surface area contributed by atoms with Crippen molar-refractivity contribution in [3.05, 3.63) is 0 Å². The molecule has 0 N–H and O–H groups in total. The predicted molar refractivity (Wildman–Crippen MR) is 90.1 cm³/mol. The lowest BCUT2D eigenvalue weighted by atomic mass is 9.99. The van der Waals surface area contributed by atoms with E-state index >= 15 is 0 Å². The maximum absolute atomic E-state index is 11.6. The van der Waals surface area contributed by atoms with Crippen molar-refractivity contribution in [2.24, 2.45) is 0 Å². The van der Waals surface area contributed by atoms with E-state index in [1.54, 1.807) is 0 Å². The molecular formula is C16H24O9S. The molecule has 1 rings (SSSR count). The summed E-state index contributed by atoms with van der Waals surface area (Å²) < 4.78 is 26.7. The summed E-state index contributed by atoms with van der Waals surface area (Å²) in [6, 6.07) is 0. The van der Waals surface area contributed by atoms with Gasteiger partial charge in [-0.05, 0) is 5.75 Å². The molecule has 0 saturated carbocycles. The molecule has 0 aromatic rings. The summed E-state index contributed by atoms with van der Waals surface area (Å²) in [4.78, 5) is 45.8. The molecular weight excluding hydrogens is 368 g/mol. The smallest absolute Gasteiger partial charge is 0.303 e. The lowest BCUT2D eigenvalue weighted by molar-refractivity contribution is -0.237. The number of thioether (sulfide) groups is 1. The van der Waals surface area contributed by atoms with Crippen molar-refractivity contribution in [2.75, 3.05) is 12.4 Å². The Bertz CT molecular complexity index is 536. The summed E-state index contributed by atoms with van der Waals surface area (Å²) in [6.45, 7) is 6.48. The average molecular weight is 392 g/mol. The van der Waals surface area contributed by atoms with Gasteiger partial charge in [-0.1, -0.05) is 6.92 Å². The summed E-state index contributed by atoms with van der Waals surface area (Å²) in [5, 5.41) is 0. The lowest BCUT2D eigenvalue weighted by Crippen LogP contribution is -2.61. The molecule has 0 unspecified atom stereocenters. The van der Waals surface area contributed by atoms with E-state index in [1.165, 1.54) is 39.5 Å². The lowest BCUT2D eigenvalue weighted by Gasteiger charge is -2.44. The number of esters is 4. The van der Waals surface area contributed by atoms with E-state index in [0.717, 1.165) is 0 Å². The van der Waals surface area contributed by atoms with Crippen LogP contribution in [0.3, 0.4) is 0 Å². The van der Waals surface area contributed by atoms with Crippen LogP contribution in [0.1, 0.15) is 34.6 Å². The van der Waals surface area contributed by atoms with Gasteiger partial charge in [-0.25, -0.2) is 0 Å². The zero-order valence-electron chi connectivity index (χ0n) is 15.4. The molecule has 0 amide bonds. The van der Waals surface area contributed by atoms with E-state index in [2.05, 4.69) is 0 Å². The molecule has 0 aromatic heterocycles. The van der Waals surface area contributed by atoms with Crippen molar-refractivity contribution in [2.45, 2.75) is 64.5 Å². The molecule has 26 heavy (non-hydrogen) atoms. The largest absolute Gasteiger partial charge is 0.463 e. The van der Waals surface area contributed by atoms with Gasteiger partial charge in [0.15, 0.2) is 18.3 Å². The fourth-order valence-corrected chi connectivity index (χ4v) is 3.44. The van der Waals surface area contributed by atoms with Crippen molar-refractivity contribution < 1.29 is 42.9 Å². The van der Waals surface area contributed by atoms with Gasteiger partial charge in [0.2, 0.25) is 0 Å². The summed E-state index contributed by atoms with van der Waals surface area (Å²) >= 11 is 1.32. The van der Waals surface area contributed by atoms with Crippen LogP contribution in [0.15, 0.2) is 0 Å². The Morgan fingerprint density at radius 1 is 0.808 bits per heavy atom. The van der Waals surface area contributed by atoms with Crippen LogP contribution in [-0.4, -0.2) is 66.1 Å². The molecule has 0 radical (unpaired) electrons. The number of hydrogen-bond donors (Lipinski definition) is 0. The van der Waals surface area contributed by atoms with Crippen LogP contribution in [0, 0.1) is 0 Å². The van der Waals surface area contributed by atoms with Crippen LogP contribution < -0.4 is 0 Å². The third kappa shape index (κ3) is 6.83. The van der Waals surface area contributed by atoms with Crippen molar-refractivity contribution in [3.8, 4) is 0 Å². The van der Waals surface area contributed by atoms with E-state index in [9.17, 15) is 19.2 Å².